The van der Waals surface area contributed by atoms with Crippen molar-refractivity contribution in [3.8, 4) is 0 Å². The summed E-state index contributed by atoms with van der Waals surface area (Å²) in [4.78, 5) is 0. The van der Waals surface area contributed by atoms with Crippen LogP contribution in [0.3, 0.4) is 0 Å². The van der Waals surface area contributed by atoms with Gasteiger partial charge in [-0.2, -0.15) is 0 Å². The van der Waals surface area contributed by atoms with Crippen LogP contribution in [0.1, 0.15) is 103 Å². The molecule has 0 aromatic rings. The average Bonchev–Trinajstić information content (AvgIpc) is 2.51. The number of nitrogens with two attached hydrogens (primary N) is 1. The van der Waals surface area contributed by atoms with Crippen LogP contribution >= 0.6 is 0 Å². The fourth-order valence-electron chi connectivity index (χ4n) is 2.80. The molecule has 0 heterocycles. The third-order valence-corrected chi connectivity index (χ3v) is 4.26. The van der Waals surface area contributed by atoms with Crippen LogP contribution in [0.25, 0.3) is 0 Å². The highest BCUT2D eigenvalue weighted by molar-refractivity contribution is 5.08. The van der Waals surface area contributed by atoms with E-state index in [4.69, 9.17) is 10.8 Å². The Morgan fingerprint density at radius 1 is 0.727 bits per heavy atom. The van der Waals surface area contributed by atoms with E-state index in [0.717, 1.165) is 12.1 Å². The molecule has 2 nitrogen and oxygen atoms in total. The van der Waals surface area contributed by atoms with Crippen molar-refractivity contribution in [2.24, 2.45) is 5.73 Å². The summed E-state index contributed by atoms with van der Waals surface area (Å²) in [7, 11) is 0. The van der Waals surface area contributed by atoms with Crippen LogP contribution in [0.2, 0.25) is 0 Å². The highest BCUT2D eigenvalue weighted by atomic mass is 16.2. The van der Waals surface area contributed by atoms with E-state index in [2.05, 4.69) is 6.92 Å². The lowest BCUT2D eigenvalue weighted by molar-refractivity contribution is 0.341. The van der Waals surface area contributed by atoms with Crippen molar-refractivity contribution in [2.45, 2.75) is 103 Å². The number of unbranched alkanes of at least 4 members (excludes halogenated alkanes) is 14. The Morgan fingerprint density at radius 2 is 1.14 bits per heavy atom. The third-order valence-electron chi connectivity index (χ3n) is 4.26. The Hall–Kier alpha value is -0.500. The molecule has 0 unspecified atom stereocenters. The molecule has 0 aromatic heterocycles. The van der Waals surface area contributed by atoms with E-state index in [9.17, 15) is 0 Å². The molecule has 2 heteroatoms. The minimum Gasteiger partial charge on any atom is -0.402 e. The molecule has 0 amide bonds. The monoisotopic (exact) mass is 310 g/mol. The molecule has 0 aliphatic heterocycles. The van der Waals surface area contributed by atoms with Gasteiger partial charge in [0.25, 0.3) is 0 Å². The molecule has 0 aromatic carbocycles. The van der Waals surface area contributed by atoms with Crippen molar-refractivity contribution in [3.05, 3.63) is 18.2 Å². The second-order valence-electron chi connectivity index (χ2n) is 6.48. The first-order valence-electron chi connectivity index (χ1n) is 9.71. The molecule has 0 rings (SSSR count). The molecule has 0 fully saturated rings. The number of aliphatic hydroxyl groups excluding tert-OH is 1. The van der Waals surface area contributed by atoms with E-state index in [0.29, 0.717) is 0 Å². The summed E-state index contributed by atoms with van der Waals surface area (Å²) in [6.45, 7) is 2.32. The van der Waals surface area contributed by atoms with E-state index in [1.165, 1.54) is 89.9 Å². The predicted octanol–water partition coefficient (Wildman–Crippen LogP) is 5.90. The van der Waals surface area contributed by atoms with Crippen molar-refractivity contribution in [1.82, 2.24) is 0 Å². The zero-order valence-electron chi connectivity index (χ0n) is 15.0. The Bertz CT molecular complexity index is 238. The molecular weight excluding hydrogens is 270 g/mol. The van der Waals surface area contributed by atoms with E-state index < -0.39 is 0 Å². The van der Waals surface area contributed by atoms with E-state index in [-0.39, 0.29) is 6.61 Å². The van der Waals surface area contributed by atoms with E-state index >= 15 is 0 Å². The van der Waals surface area contributed by atoms with Crippen LogP contribution in [0.15, 0.2) is 11.8 Å². The molecule has 0 atom stereocenters. The quantitative estimate of drug-likeness (QED) is 0.329. The summed E-state index contributed by atoms with van der Waals surface area (Å²) < 4.78 is 0. The first-order chi connectivity index (χ1) is 10.8. The molecule has 22 heavy (non-hydrogen) atoms. The number of hydrogen-bond donors (Lipinski definition) is 2. The first-order valence-corrected chi connectivity index (χ1v) is 9.71. The van der Waals surface area contributed by atoms with Crippen molar-refractivity contribution < 1.29 is 5.11 Å². The highest BCUT2D eigenvalue weighted by Gasteiger charge is 1.95. The fourth-order valence-corrected chi connectivity index (χ4v) is 2.80. The first kappa shape index (κ1) is 21.5. The maximum atomic E-state index is 8.69. The SMILES string of the molecule is CCCCCCCCCCCCCCCC[CH]C(N)=CCO. The molecule has 0 saturated heterocycles. The largest absolute Gasteiger partial charge is 0.402 e. The van der Waals surface area contributed by atoms with Crippen LogP contribution < -0.4 is 5.73 Å². The van der Waals surface area contributed by atoms with Gasteiger partial charge in [-0.3, -0.25) is 0 Å². The van der Waals surface area contributed by atoms with Gasteiger partial charge >= 0.3 is 0 Å². The molecule has 0 saturated carbocycles. The van der Waals surface area contributed by atoms with Gasteiger partial charge in [0.05, 0.1) is 6.61 Å². The zero-order valence-corrected chi connectivity index (χ0v) is 15.0. The summed E-state index contributed by atoms with van der Waals surface area (Å²) in [6.07, 6.45) is 24.3. The van der Waals surface area contributed by atoms with Gasteiger partial charge in [0.15, 0.2) is 0 Å². The van der Waals surface area contributed by atoms with Gasteiger partial charge in [-0.1, -0.05) is 96.8 Å². The number of rotatable bonds is 17. The Balaban J connectivity index is 3.04. The minimum atomic E-state index is 0.0427. The zero-order chi connectivity index (χ0) is 16.3. The predicted molar refractivity (Wildman–Crippen MR) is 98.6 cm³/mol. The van der Waals surface area contributed by atoms with Crippen molar-refractivity contribution >= 4 is 0 Å². The third kappa shape index (κ3) is 17.6. The highest BCUT2D eigenvalue weighted by Crippen LogP contribution is 2.13. The van der Waals surface area contributed by atoms with Gasteiger partial charge < -0.3 is 10.8 Å². The normalized spacial score (nSPS) is 12.0. The van der Waals surface area contributed by atoms with Crippen LogP contribution in [0.4, 0.5) is 0 Å². The van der Waals surface area contributed by atoms with E-state index in [1.54, 1.807) is 6.08 Å². The smallest absolute Gasteiger partial charge is 0.0631 e. The molecule has 131 valence electrons. The summed E-state index contributed by atoms with van der Waals surface area (Å²) >= 11 is 0. The minimum absolute atomic E-state index is 0.0427. The Labute approximate surface area is 139 Å². The number of aliphatic hydroxyl groups is 1. The van der Waals surface area contributed by atoms with E-state index in [1.807, 2.05) is 6.42 Å². The molecule has 1 radical (unpaired) electrons. The molecular formula is C20H40NO. The van der Waals surface area contributed by atoms with Crippen LogP contribution in [-0.4, -0.2) is 11.7 Å². The summed E-state index contributed by atoms with van der Waals surface area (Å²) in [6, 6.07) is 0. The summed E-state index contributed by atoms with van der Waals surface area (Å²) in [5.41, 5.74) is 6.40. The van der Waals surface area contributed by atoms with Crippen molar-refractivity contribution in [1.29, 1.82) is 0 Å². The maximum absolute atomic E-state index is 8.69. The fraction of sp³-hybridized carbons (Fsp3) is 0.850. The van der Waals surface area contributed by atoms with Gasteiger partial charge in [0.2, 0.25) is 0 Å². The van der Waals surface area contributed by atoms with Crippen molar-refractivity contribution in [2.75, 3.05) is 6.61 Å². The number of hydrogen-bond acceptors (Lipinski definition) is 2. The Kier molecular flexibility index (Phi) is 18.1. The molecule has 3 N–H and O–H groups in total. The second-order valence-corrected chi connectivity index (χ2v) is 6.48. The maximum Gasteiger partial charge on any atom is 0.0631 e. The van der Waals surface area contributed by atoms with Gasteiger partial charge in [-0.05, 0) is 12.5 Å². The topological polar surface area (TPSA) is 46.2 Å². The van der Waals surface area contributed by atoms with Crippen LogP contribution in [-0.2, 0) is 0 Å². The summed E-state index contributed by atoms with van der Waals surface area (Å²) in [5.74, 6) is 0. The van der Waals surface area contributed by atoms with Gasteiger partial charge in [-0.25, -0.2) is 0 Å². The lowest BCUT2D eigenvalue weighted by Crippen LogP contribution is -1.99. The number of allylic oxidation sites excluding steroid dienone is 1. The van der Waals surface area contributed by atoms with Gasteiger partial charge in [-0.15, -0.1) is 0 Å². The average molecular weight is 311 g/mol. The molecule has 0 aliphatic carbocycles. The standard InChI is InChI=1S/C20H40NO/c1-2-3-4-5-6-7-8-9-10-11-12-13-14-15-16-17-20(21)18-19-22/h17-18,22H,2-16,19,21H2,1H3. The van der Waals surface area contributed by atoms with Crippen LogP contribution in [0.5, 0.6) is 0 Å². The van der Waals surface area contributed by atoms with Crippen LogP contribution in [0, 0.1) is 6.42 Å². The van der Waals surface area contributed by atoms with Gasteiger partial charge in [0, 0.05) is 12.1 Å². The Morgan fingerprint density at radius 3 is 1.55 bits per heavy atom. The van der Waals surface area contributed by atoms with Crippen molar-refractivity contribution in [3.63, 3.8) is 0 Å². The molecule has 0 bridgehead atoms. The lowest BCUT2D eigenvalue weighted by Gasteiger charge is -2.03. The summed E-state index contributed by atoms with van der Waals surface area (Å²) in [5, 5.41) is 8.69. The molecule has 0 aliphatic rings. The second kappa shape index (κ2) is 18.5. The molecule has 0 spiro atoms. The van der Waals surface area contributed by atoms with Gasteiger partial charge in [0.1, 0.15) is 0 Å². The lowest BCUT2D eigenvalue weighted by atomic mass is 10.0.